The fraction of sp³-hybridized carbons (Fsp3) is 0.385. The minimum atomic E-state index is -0.469. The minimum absolute atomic E-state index is 0.0594. The number of hydrogen-bond acceptors (Lipinski definition) is 5. The molecule has 0 saturated carbocycles. The van der Waals surface area contributed by atoms with Gasteiger partial charge < -0.3 is 14.6 Å². The Morgan fingerprint density at radius 3 is 2.63 bits per heavy atom. The highest BCUT2D eigenvalue weighted by molar-refractivity contribution is 5.68. The number of nitro benzene ring substituents is 1. The van der Waals surface area contributed by atoms with Crippen molar-refractivity contribution in [2.24, 2.45) is 5.92 Å². The molecule has 1 N–H and O–H groups in total. The van der Waals surface area contributed by atoms with E-state index in [0.29, 0.717) is 17.1 Å². The van der Waals surface area contributed by atoms with Gasteiger partial charge in [0.05, 0.1) is 23.2 Å². The van der Waals surface area contributed by atoms with Gasteiger partial charge in [-0.05, 0) is 23.6 Å². The Balaban J connectivity index is 2.52. The normalized spacial score (nSPS) is 14.0. The third kappa shape index (κ3) is 2.68. The molecule has 1 aromatic rings. The summed E-state index contributed by atoms with van der Waals surface area (Å²) in [5.41, 5.74) is 1.07. The molecule has 0 amide bonds. The van der Waals surface area contributed by atoms with E-state index in [2.05, 4.69) is 0 Å². The quantitative estimate of drug-likeness (QED) is 0.667. The first-order valence-electron chi connectivity index (χ1n) is 5.92. The van der Waals surface area contributed by atoms with Crippen LogP contribution in [-0.4, -0.2) is 23.4 Å². The first-order chi connectivity index (χ1) is 9.02. The number of aliphatic hydroxyl groups excluding tert-OH is 1. The standard InChI is InChI=1S/C13H15NO5/c1-8(2)10(6-15)3-9-4-12-13(19-7-18-12)5-11(9)14(16)17/h3-5,8,15H,6-7H2,1-2H3. The zero-order valence-electron chi connectivity index (χ0n) is 10.8. The highest BCUT2D eigenvalue weighted by Crippen LogP contribution is 2.39. The summed E-state index contributed by atoms with van der Waals surface area (Å²) in [4.78, 5) is 10.6. The summed E-state index contributed by atoms with van der Waals surface area (Å²) in [6.45, 7) is 3.77. The predicted octanol–water partition coefficient (Wildman–Crippen LogP) is 2.36. The zero-order chi connectivity index (χ0) is 14.0. The van der Waals surface area contributed by atoms with Crippen molar-refractivity contribution in [1.29, 1.82) is 0 Å². The van der Waals surface area contributed by atoms with Crippen molar-refractivity contribution in [3.63, 3.8) is 0 Å². The molecule has 1 heterocycles. The third-order valence-corrected chi connectivity index (χ3v) is 2.98. The van der Waals surface area contributed by atoms with Gasteiger partial charge in [-0.25, -0.2) is 0 Å². The Bertz CT molecular complexity index is 536. The number of hydrogen-bond donors (Lipinski definition) is 1. The lowest BCUT2D eigenvalue weighted by Crippen LogP contribution is -2.00. The summed E-state index contributed by atoms with van der Waals surface area (Å²) < 4.78 is 10.3. The molecule has 19 heavy (non-hydrogen) atoms. The highest BCUT2D eigenvalue weighted by Gasteiger charge is 2.22. The molecule has 2 rings (SSSR count). The molecule has 1 aromatic carbocycles. The van der Waals surface area contributed by atoms with E-state index in [0.717, 1.165) is 5.57 Å². The van der Waals surface area contributed by atoms with E-state index in [1.165, 1.54) is 6.07 Å². The Morgan fingerprint density at radius 1 is 1.47 bits per heavy atom. The first-order valence-corrected chi connectivity index (χ1v) is 5.92. The van der Waals surface area contributed by atoms with Gasteiger partial charge >= 0.3 is 0 Å². The maximum absolute atomic E-state index is 11.1. The maximum atomic E-state index is 11.1. The van der Waals surface area contributed by atoms with E-state index in [-0.39, 0.29) is 25.0 Å². The fourth-order valence-electron chi connectivity index (χ4n) is 1.82. The summed E-state index contributed by atoms with van der Waals surface area (Å²) in [6, 6.07) is 2.92. The average Bonchev–Trinajstić information content (AvgIpc) is 2.81. The fourth-order valence-corrected chi connectivity index (χ4v) is 1.82. The van der Waals surface area contributed by atoms with Crippen LogP contribution < -0.4 is 9.47 Å². The SMILES string of the molecule is CC(C)C(=Cc1cc2c(cc1[N+](=O)[O-])OCO2)CO. The Kier molecular flexibility index (Phi) is 3.71. The molecule has 0 fully saturated rings. The second-order valence-corrected chi connectivity index (χ2v) is 4.55. The number of benzene rings is 1. The smallest absolute Gasteiger partial charge is 0.280 e. The highest BCUT2D eigenvalue weighted by atomic mass is 16.7. The summed E-state index contributed by atoms with van der Waals surface area (Å²) >= 11 is 0. The van der Waals surface area contributed by atoms with Crippen LogP contribution in [0.1, 0.15) is 19.4 Å². The van der Waals surface area contributed by atoms with Crippen LogP contribution in [0.5, 0.6) is 11.5 Å². The van der Waals surface area contributed by atoms with E-state index in [9.17, 15) is 15.2 Å². The number of nitro groups is 1. The lowest BCUT2D eigenvalue weighted by atomic mass is 10.00. The summed E-state index contributed by atoms with van der Waals surface area (Å²) in [5.74, 6) is 0.965. The first kappa shape index (κ1) is 13.4. The number of fused-ring (bicyclic) bond motifs is 1. The topological polar surface area (TPSA) is 81.8 Å². The van der Waals surface area contributed by atoms with Gasteiger partial charge in [-0.1, -0.05) is 13.8 Å². The summed E-state index contributed by atoms with van der Waals surface area (Å²) in [7, 11) is 0. The van der Waals surface area contributed by atoms with Gasteiger partial charge in [0.25, 0.3) is 5.69 Å². The van der Waals surface area contributed by atoms with E-state index in [1.807, 2.05) is 13.8 Å². The molecule has 1 aliphatic rings. The van der Waals surface area contributed by atoms with Gasteiger partial charge in [-0.2, -0.15) is 0 Å². The van der Waals surface area contributed by atoms with Gasteiger partial charge in [0.2, 0.25) is 6.79 Å². The Labute approximate surface area is 110 Å². The number of aliphatic hydroxyl groups is 1. The molecule has 0 atom stereocenters. The van der Waals surface area contributed by atoms with E-state index >= 15 is 0 Å². The Hall–Kier alpha value is -2.08. The molecule has 0 aliphatic carbocycles. The molecule has 102 valence electrons. The number of ether oxygens (including phenoxy) is 2. The van der Waals surface area contributed by atoms with Crippen LogP contribution in [0.25, 0.3) is 6.08 Å². The molecule has 0 bridgehead atoms. The molecular formula is C13H15NO5. The van der Waals surface area contributed by atoms with Crippen LogP contribution in [0.4, 0.5) is 5.69 Å². The molecule has 6 heteroatoms. The van der Waals surface area contributed by atoms with Crippen molar-refractivity contribution in [2.45, 2.75) is 13.8 Å². The van der Waals surface area contributed by atoms with Crippen molar-refractivity contribution >= 4 is 11.8 Å². The van der Waals surface area contributed by atoms with Gasteiger partial charge in [0.15, 0.2) is 11.5 Å². The summed E-state index contributed by atoms with van der Waals surface area (Å²) in [6.07, 6.45) is 1.63. The molecule has 0 saturated heterocycles. The molecule has 6 nitrogen and oxygen atoms in total. The van der Waals surface area contributed by atoms with Gasteiger partial charge in [-0.15, -0.1) is 0 Å². The second-order valence-electron chi connectivity index (χ2n) is 4.55. The van der Waals surface area contributed by atoms with Gasteiger partial charge in [0.1, 0.15) is 0 Å². The van der Waals surface area contributed by atoms with E-state index in [1.54, 1.807) is 12.1 Å². The average molecular weight is 265 g/mol. The van der Waals surface area contributed by atoms with Crippen LogP contribution in [-0.2, 0) is 0 Å². The van der Waals surface area contributed by atoms with Crippen LogP contribution in [0.15, 0.2) is 17.7 Å². The zero-order valence-corrected chi connectivity index (χ0v) is 10.8. The number of nitrogens with zero attached hydrogens (tertiary/aromatic N) is 1. The molecule has 0 unspecified atom stereocenters. The molecular weight excluding hydrogens is 250 g/mol. The van der Waals surface area contributed by atoms with Crippen molar-refractivity contribution in [3.8, 4) is 11.5 Å². The summed E-state index contributed by atoms with van der Waals surface area (Å²) in [5, 5.41) is 20.4. The largest absolute Gasteiger partial charge is 0.454 e. The van der Waals surface area contributed by atoms with E-state index < -0.39 is 4.92 Å². The van der Waals surface area contributed by atoms with Gasteiger partial charge in [-0.3, -0.25) is 10.1 Å². The van der Waals surface area contributed by atoms with Crippen molar-refractivity contribution in [3.05, 3.63) is 33.4 Å². The maximum Gasteiger partial charge on any atom is 0.280 e. The van der Waals surface area contributed by atoms with Crippen LogP contribution >= 0.6 is 0 Å². The van der Waals surface area contributed by atoms with Crippen LogP contribution in [0.3, 0.4) is 0 Å². The van der Waals surface area contributed by atoms with Crippen molar-refractivity contribution in [2.75, 3.05) is 13.4 Å². The van der Waals surface area contributed by atoms with Crippen molar-refractivity contribution in [1.82, 2.24) is 0 Å². The number of rotatable bonds is 4. The molecule has 0 aromatic heterocycles. The lowest BCUT2D eigenvalue weighted by molar-refractivity contribution is -0.385. The molecule has 0 radical (unpaired) electrons. The second kappa shape index (κ2) is 5.27. The van der Waals surface area contributed by atoms with Crippen LogP contribution in [0, 0.1) is 16.0 Å². The Morgan fingerprint density at radius 2 is 2.11 bits per heavy atom. The van der Waals surface area contributed by atoms with Crippen molar-refractivity contribution < 1.29 is 19.5 Å². The monoisotopic (exact) mass is 265 g/mol. The van der Waals surface area contributed by atoms with Crippen LogP contribution in [0.2, 0.25) is 0 Å². The molecule has 0 spiro atoms. The van der Waals surface area contributed by atoms with E-state index in [4.69, 9.17) is 9.47 Å². The van der Waals surface area contributed by atoms with Gasteiger partial charge in [0, 0.05) is 0 Å². The third-order valence-electron chi connectivity index (χ3n) is 2.98. The predicted molar refractivity (Wildman–Crippen MR) is 69.1 cm³/mol. The lowest BCUT2D eigenvalue weighted by Gasteiger charge is -2.08. The molecule has 1 aliphatic heterocycles. The minimum Gasteiger partial charge on any atom is -0.454 e.